The highest BCUT2D eigenvalue weighted by molar-refractivity contribution is 5.96. The monoisotopic (exact) mass is 402 g/mol. The van der Waals surface area contributed by atoms with Crippen molar-refractivity contribution in [3.8, 4) is 33.9 Å². The lowest BCUT2D eigenvalue weighted by Crippen LogP contribution is -1.87. The van der Waals surface area contributed by atoms with Crippen LogP contribution in [0.4, 0.5) is 0 Å². The number of rotatable bonds is 3. The average Bonchev–Trinajstić information content (AvgIpc) is 3.43. The van der Waals surface area contributed by atoms with Crippen LogP contribution in [0.1, 0.15) is 5.56 Å². The summed E-state index contributed by atoms with van der Waals surface area (Å²) in [7, 11) is 0. The molecule has 6 heteroatoms. The molecule has 4 heterocycles. The van der Waals surface area contributed by atoms with Gasteiger partial charge in [-0.1, -0.05) is 42.0 Å². The highest BCUT2D eigenvalue weighted by atomic mass is 15.1. The summed E-state index contributed by atoms with van der Waals surface area (Å²) in [6.07, 6.45) is 3.53. The molecule has 31 heavy (non-hydrogen) atoms. The first kappa shape index (κ1) is 17.5. The van der Waals surface area contributed by atoms with Gasteiger partial charge >= 0.3 is 0 Å². The van der Waals surface area contributed by atoms with Gasteiger partial charge in [0.05, 0.1) is 22.2 Å². The lowest BCUT2D eigenvalue weighted by Gasteiger charge is -2.03. The zero-order valence-electron chi connectivity index (χ0n) is 16.8. The number of imidazole rings is 1. The summed E-state index contributed by atoms with van der Waals surface area (Å²) in [6, 6.07) is 22.5. The SMILES string of the molecule is Cc1cccc(-c2cccc3[nH]c(-c4n[nH]c5ccc(-c6ccncc6)nc45)nc23)c1. The molecular weight excluding hydrogens is 384 g/mol. The molecule has 6 nitrogen and oxygen atoms in total. The molecule has 0 fully saturated rings. The van der Waals surface area contributed by atoms with E-state index in [0.717, 1.165) is 44.5 Å². The van der Waals surface area contributed by atoms with E-state index in [9.17, 15) is 0 Å². The van der Waals surface area contributed by atoms with Gasteiger partial charge in [0.15, 0.2) is 11.5 Å². The summed E-state index contributed by atoms with van der Waals surface area (Å²) < 4.78 is 0. The Bertz CT molecular complexity index is 1550. The minimum Gasteiger partial charge on any atom is -0.336 e. The van der Waals surface area contributed by atoms with Crippen LogP contribution in [-0.4, -0.2) is 30.1 Å². The number of nitrogens with zero attached hydrogens (tertiary/aromatic N) is 4. The smallest absolute Gasteiger partial charge is 0.161 e. The largest absolute Gasteiger partial charge is 0.336 e. The van der Waals surface area contributed by atoms with Gasteiger partial charge in [-0.2, -0.15) is 5.10 Å². The van der Waals surface area contributed by atoms with Crippen LogP contribution in [0.15, 0.2) is 79.1 Å². The standard InChI is InChI=1S/C25H18N6/c1-15-4-2-5-17(14-15)18-6-3-7-20-22(18)29-25(28-20)24-23-21(30-31-24)9-8-19(27-23)16-10-12-26-13-11-16/h2-14H,1H3,(H,28,29)(H,30,31). The predicted molar refractivity (Wildman–Crippen MR) is 122 cm³/mol. The lowest BCUT2D eigenvalue weighted by molar-refractivity contribution is 1.10. The van der Waals surface area contributed by atoms with E-state index >= 15 is 0 Å². The third-order valence-corrected chi connectivity index (χ3v) is 5.45. The average molecular weight is 402 g/mol. The van der Waals surface area contributed by atoms with E-state index in [1.54, 1.807) is 12.4 Å². The van der Waals surface area contributed by atoms with Gasteiger partial charge in [-0.25, -0.2) is 9.97 Å². The zero-order valence-corrected chi connectivity index (χ0v) is 16.8. The number of aromatic amines is 2. The molecule has 148 valence electrons. The maximum atomic E-state index is 4.93. The van der Waals surface area contributed by atoms with Crippen LogP contribution in [0.25, 0.3) is 56.0 Å². The number of hydrogen-bond acceptors (Lipinski definition) is 4. The quantitative estimate of drug-likeness (QED) is 0.407. The number of aromatic nitrogens is 6. The maximum Gasteiger partial charge on any atom is 0.161 e. The molecule has 0 radical (unpaired) electrons. The van der Waals surface area contributed by atoms with Gasteiger partial charge in [0.25, 0.3) is 0 Å². The normalized spacial score (nSPS) is 11.4. The van der Waals surface area contributed by atoms with Gasteiger partial charge in [-0.05, 0) is 42.8 Å². The zero-order chi connectivity index (χ0) is 20.8. The first-order chi connectivity index (χ1) is 15.3. The van der Waals surface area contributed by atoms with Gasteiger partial charge in [0, 0.05) is 23.5 Å². The second kappa shape index (κ2) is 6.88. The number of benzene rings is 2. The van der Waals surface area contributed by atoms with Crippen LogP contribution in [0.3, 0.4) is 0 Å². The third-order valence-electron chi connectivity index (χ3n) is 5.45. The van der Waals surface area contributed by atoms with Gasteiger partial charge in [0.1, 0.15) is 5.52 Å². The molecule has 0 saturated heterocycles. The molecule has 2 N–H and O–H groups in total. The molecule has 0 bridgehead atoms. The van der Waals surface area contributed by atoms with Crippen molar-refractivity contribution in [3.05, 3.63) is 84.7 Å². The molecule has 0 atom stereocenters. The van der Waals surface area contributed by atoms with Crippen LogP contribution in [0, 0.1) is 6.92 Å². The predicted octanol–water partition coefficient (Wildman–Crippen LogP) is 5.54. The van der Waals surface area contributed by atoms with E-state index in [4.69, 9.17) is 9.97 Å². The van der Waals surface area contributed by atoms with E-state index in [1.807, 2.05) is 36.4 Å². The number of pyridine rings is 2. The number of hydrogen-bond donors (Lipinski definition) is 2. The Morgan fingerprint density at radius 1 is 0.742 bits per heavy atom. The van der Waals surface area contributed by atoms with Crippen LogP contribution >= 0.6 is 0 Å². The molecule has 0 aliphatic rings. The first-order valence-electron chi connectivity index (χ1n) is 10.1. The van der Waals surface area contributed by atoms with Gasteiger partial charge in [0.2, 0.25) is 0 Å². The van der Waals surface area contributed by atoms with Crippen molar-refractivity contribution in [2.75, 3.05) is 0 Å². The molecule has 0 aliphatic heterocycles. The summed E-state index contributed by atoms with van der Waals surface area (Å²) in [6.45, 7) is 2.10. The fourth-order valence-electron chi connectivity index (χ4n) is 3.94. The molecule has 0 amide bonds. The van der Waals surface area contributed by atoms with Crippen molar-refractivity contribution >= 4 is 22.1 Å². The van der Waals surface area contributed by atoms with Crippen molar-refractivity contribution in [2.45, 2.75) is 6.92 Å². The Morgan fingerprint density at radius 2 is 1.61 bits per heavy atom. The summed E-state index contributed by atoms with van der Waals surface area (Å²) >= 11 is 0. The maximum absolute atomic E-state index is 4.93. The van der Waals surface area contributed by atoms with E-state index in [2.05, 4.69) is 57.4 Å². The summed E-state index contributed by atoms with van der Waals surface area (Å²) in [4.78, 5) is 17.3. The van der Waals surface area contributed by atoms with Gasteiger partial charge in [-0.15, -0.1) is 0 Å². The molecular formula is C25H18N6. The number of para-hydroxylation sites is 1. The summed E-state index contributed by atoms with van der Waals surface area (Å²) in [5.74, 6) is 0.695. The van der Waals surface area contributed by atoms with Crippen LogP contribution in [-0.2, 0) is 0 Å². The third kappa shape index (κ3) is 2.97. The van der Waals surface area contributed by atoms with E-state index in [1.165, 1.54) is 5.56 Å². The van der Waals surface area contributed by atoms with E-state index < -0.39 is 0 Å². The molecule has 0 unspecified atom stereocenters. The van der Waals surface area contributed by atoms with Gasteiger partial charge < -0.3 is 4.98 Å². The number of aryl methyl sites for hydroxylation is 1. The lowest BCUT2D eigenvalue weighted by atomic mass is 10.0. The highest BCUT2D eigenvalue weighted by Crippen LogP contribution is 2.32. The van der Waals surface area contributed by atoms with E-state index in [0.29, 0.717) is 11.5 Å². The topological polar surface area (TPSA) is 83.1 Å². The minimum absolute atomic E-state index is 0.695. The van der Waals surface area contributed by atoms with Crippen LogP contribution in [0.5, 0.6) is 0 Å². The molecule has 6 rings (SSSR count). The number of nitrogens with one attached hydrogen (secondary N) is 2. The van der Waals surface area contributed by atoms with Crippen LogP contribution < -0.4 is 0 Å². The Balaban J connectivity index is 1.52. The Hall–Kier alpha value is -4.32. The fraction of sp³-hybridized carbons (Fsp3) is 0.0400. The summed E-state index contributed by atoms with van der Waals surface area (Å²) in [5, 5.41) is 7.60. The Kier molecular flexibility index (Phi) is 3.89. The van der Waals surface area contributed by atoms with Gasteiger partial charge in [-0.3, -0.25) is 10.1 Å². The number of H-pyrrole nitrogens is 2. The molecule has 0 saturated carbocycles. The molecule has 4 aromatic heterocycles. The van der Waals surface area contributed by atoms with Crippen LogP contribution in [0.2, 0.25) is 0 Å². The molecule has 0 aliphatic carbocycles. The van der Waals surface area contributed by atoms with Crippen molar-refractivity contribution in [3.63, 3.8) is 0 Å². The fourth-order valence-corrected chi connectivity index (χ4v) is 3.94. The van der Waals surface area contributed by atoms with Crippen molar-refractivity contribution in [1.29, 1.82) is 0 Å². The Labute approximate surface area is 178 Å². The minimum atomic E-state index is 0.695. The molecule has 6 aromatic rings. The van der Waals surface area contributed by atoms with Crippen molar-refractivity contribution in [2.24, 2.45) is 0 Å². The van der Waals surface area contributed by atoms with Crippen molar-refractivity contribution in [1.82, 2.24) is 30.1 Å². The second-order valence-electron chi connectivity index (χ2n) is 7.56. The number of fused-ring (bicyclic) bond motifs is 2. The summed E-state index contributed by atoms with van der Waals surface area (Å²) in [5.41, 5.74) is 9.58. The molecule has 0 spiro atoms. The highest BCUT2D eigenvalue weighted by Gasteiger charge is 2.16. The van der Waals surface area contributed by atoms with E-state index in [-0.39, 0.29) is 0 Å². The first-order valence-corrected chi connectivity index (χ1v) is 10.1. The molecule has 2 aromatic carbocycles. The Morgan fingerprint density at radius 3 is 2.48 bits per heavy atom. The van der Waals surface area contributed by atoms with Crippen molar-refractivity contribution < 1.29 is 0 Å². The second-order valence-corrected chi connectivity index (χ2v) is 7.56.